The number of rotatable bonds is 7. The van der Waals surface area contributed by atoms with Crippen molar-refractivity contribution in [3.63, 3.8) is 0 Å². The van der Waals surface area contributed by atoms with Gasteiger partial charge in [-0.15, -0.1) is 29.7 Å². The molecule has 10 aromatic rings. The molecule has 0 aliphatic heterocycles. The van der Waals surface area contributed by atoms with Crippen molar-refractivity contribution >= 4 is 32.8 Å². The zero-order valence-corrected chi connectivity index (χ0v) is 37.2. The zero-order valence-electron chi connectivity index (χ0n) is 44.9. The van der Waals surface area contributed by atoms with Crippen molar-refractivity contribution in [2.24, 2.45) is 0 Å². The zero-order chi connectivity index (χ0) is 50.6. The van der Waals surface area contributed by atoms with Gasteiger partial charge in [-0.2, -0.15) is 18.2 Å². The van der Waals surface area contributed by atoms with Gasteiger partial charge in [0.05, 0.1) is 30.4 Å². The fraction of sp³-hybridized carbons (Fsp3) is 0.143. The minimum absolute atomic E-state index is 0. The summed E-state index contributed by atoms with van der Waals surface area (Å²) in [5.74, 6) is 1.55. The maximum absolute atomic E-state index is 9.21. The van der Waals surface area contributed by atoms with Gasteiger partial charge in [-0.1, -0.05) is 162 Å². The molecule has 10 rings (SSSR count). The number of benzene rings is 7. The van der Waals surface area contributed by atoms with Crippen LogP contribution in [0.2, 0.25) is 0 Å². The molecular weight excluding hydrogens is 940 g/mol. The van der Waals surface area contributed by atoms with Crippen LogP contribution in [-0.2, 0) is 31.9 Å². The van der Waals surface area contributed by atoms with Crippen LogP contribution < -0.4 is 9.30 Å². The second-order valence-electron chi connectivity index (χ2n) is 17.0. The second kappa shape index (κ2) is 16.0. The first-order valence-corrected chi connectivity index (χ1v) is 20.1. The quantitative estimate of drug-likeness (QED) is 0.118. The first-order valence-electron chi connectivity index (χ1n) is 25.1. The van der Waals surface area contributed by atoms with Gasteiger partial charge in [0, 0.05) is 44.3 Å². The number of aromatic nitrogens is 4. The Kier molecular flexibility index (Phi) is 7.89. The van der Waals surface area contributed by atoms with Crippen molar-refractivity contribution in [2.45, 2.75) is 52.4 Å². The maximum atomic E-state index is 9.21. The smallest absolute Gasteiger partial charge is 0.268 e. The van der Waals surface area contributed by atoms with Crippen LogP contribution in [-0.4, -0.2) is 14.1 Å². The summed E-state index contributed by atoms with van der Waals surface area (Å²) < 4.78 is 101. The van der Waals surface area contributed by atoms with Crippen LogP contribution >= 0.6 is 0 Å². The van der Waals surface area contributed by atoms with Gasteiger partial charge in [-0.05, 0) is 73.5 Å². The fourth-order valence-corrected chi connectivity index (χ4v) is 7.79. The Hall–Kier alpha value is -6.55. The molecule has 308 valence electrons. The molecule has 62 heavy (non-hydrogen) atoms. The van der Waals surface area contributed by atoms with Crippen LogP contribution in [0.3, 0.4) is 0 Å². The molecule has 3 heterocycles. The Morgan fingerprint density at radius 1 is 0.613 bits per heavy atom. The molecule has 7 aromatic carbocycles. The van der Waals surface area contributed by atoms with E-state index in [4.69, 9.17) is 17.9 Å². The molecule has 0 N–H and O–H groups in total. The summed E-state index contributed by atoms with van der Waals surface area (Å²) in [6, 6.07) is 34.2. The van der Waals surface area contributed by atoms with E-state index in [9.17, 15) is 5.48 Å². The fourth-order valence-electron chi connectivity index (χ4n) is 7.79. The molecule has 0 saturated heterocycles. The SMILES string of the molecule is [2H]c1c([2H])c([2H])c(-c2cc(C(C)(C)C)cc(-c3c([2H])c([2H])c([2H])c([2H])c3[2H])c2-[n+]2[c-]n(-c3[c-]c(Oc4[c-]c5c(cc4)c4ccccc4n5-c4cc(C(C)(C)C)ccn4)ccc3)c3ccccc32)c([2H])c1[2H].[Pt]. The molecule has 0 atom stereocenters. The van der Waals surface area contributed by atoms with Crippen LogP contribution in [0.15, 0.2) is 170 Å². The third kappa shape index (κ3) is 7.45. The van der Waals surface area contributed by atoms with Crippen molar-refractivity contribution in [2.75, 3.05) is 0 Å². The predicted octanol–water partition coefficient (Wildman–Crippen LogP) is 13.5. The van der Waals surface area contributed by atoms with Crippen molar-refractivity contribution < 1.29 is 44.1 Å². The van der Waals surface area contributed by atoms with Gasteiger partial charge < -0.3 is 13.9 Å². The maximum Gasteiger partial charge on any atom is 0.268 e. The predicted molar refractivity (Wildman–Crippen MR) is 248 cm³/mol. The third-order valence-electron chi connectivity index (χ3n) is 10.9. The normalized spacial score (nSPS) is 14.2. The molecule has 0 radical (unpaired) electrons. The Morgan fingerprint density at radius 2 is 1.24 bits per heavy atom. The van der Waals surface area contributed by atoms with E-state index >= 15 is 0 Å². The van der Waals surface area contributed by atoms with E-state index in [1.165, 1.54) is 0 Å². The minimum atomic E-state index is -0.632. The van der Waals surface area contributed by atoms with Crippen LogP contribution in [0.5, 0.6) is 11.5 Å². The van der Waals surface area contributed by atoms with Crippen LogP contribution in [0, 0.1) is 18.5 Å². The molecule has 3 aromatic heterocycles. The van der Waals surface area contributed by atoms with E-state index in [1.54, 1.807) is 27.3 Å². The number of ether oxygens (including phenoxy) is 1. The largest absolute Gasteiger partial charge is 0.510 e. The average Bonchev–Trinajstić information content (AvgIpc) is 3.89. The van der Waals surface area contributed by atoms with E-state index in [1.807, 2.05) is 93.7 Å². The number of imidazole rings is 1. The molecule has 6 heteroatoms. The summed E-state index contributed by atoms with van der Waals surface area (Å²) in [4.78, 5) is 4.80. The molecule has 0 unspecified atom stereocenters. The number of fused-ring (bicyclic) bond motifs is 4. The van der Waals surface area contributed by atoms with E-state index in [-0.39, 0.29) is 54.4 Å². The molecule has 0 aliphatic rings. The topological polar surface area (TPSA) is 35.9 Å². The summed E-state index contributed by atoms with van der Waals surface area (Å²) in [5.41, 5.74) is 4.69. The van der Waals surface area contributed by atoms with E-state index in [0.29, 0.717) is 33.8 Å². The summed E-state index contributed by atoms with van der Waals surface area (Å²) in [7, 11) is 0. The van der Waals surface area contributed by atoms with Gasteiger partial charge in [-0.3, -0.25) is 4.57 Å². The van der Waals surface area contributed by atoms with Gasteiger partial charge >= 0.3 is 0 Å². The molecular formula is C56H46N4OPt-2. The molecule has 0 spiro atoms. The minimum Gasteiger partial charge on any atom is -0.510 e. The first-order chi connectivity index (χ1) is 33.6. The van der Waals surface area contributed by atoms with Gasteiger partial charge in [0.15, 0.2) is 0 Å². The van der Waals surface area contributed by atoms with E-state index < -0.39 is 65.8 Å². The molecule has 0 bridgehead atoms. The summed E-state index contributed by atoms with van der Waals surface area (Å²) in [6.45, 7) is 12.3. The van der Waals surface area contributed by atoms with Crippen molar-refractivity contribution in [1.82, 2.24) is 14.1 Å². The van der Waals surface area contributed by atoms with Crippen molar-refractivity contribution in [3.05, 3.63) is 199 Å². The molecule has 0 aliphatic carbocycles. The van der Waals surface area contributed by atoms with Gasteiger partial charge in [-0.25, -0.2) is 4.98 Å². The monoisotopic (exact) mass is 995 g/mol. The number of pyridine rings is 1. The molecule has 0 saturated carbocycles. The van der Waals surface area contributed by atoms with Crippen molar-refractivity contribution in [3.8, 4) is 50.9 Å². The Morgan fingerprint density at radius 3 is 1.92 bits per heavy atom. The average molecular weight is 996 g/mol. The summed E-state index contributed by atoms with van der Waals surface area (Å²) in [5, 5.41) is 2.02. The van der Waals surface area contributed by atoms with Crippen LogP contribution in [0.1, 0.15) is 66.4 Å². The number of para-hydroxylation sites is 3. The van der Waals surface area contributed by atoms with Gasteiger partial charge in [0.1, 0.15) is 5.82 Å². The molecule has 0 fully saturated rings. The molecule has 0 amide bonds. The number of nitrogens with zero attached hydrogens (tertiary/aromatic N) is 4. The van der Waals surface area contributed by atoms with Crippen LogP contribution in [0.25, 0.3) is 72.3 Å². The summed E-state index contributed by atoms with van der Waals surface area (Å²) >= 11 is 0. The summed E-state index contributed by atoms with van der Waals surface area (Å²) in [6.07, 6.45) is 5.28. The first kappa shape index (κ1) is 30.5. The molecule has 5 nitrogen and oxygen atoms in total. The van der Waals surface area contributed by atoms with Gasteiger partial charge in [0.25, 0.3) is 6.33 Å². The number of hydrogen-bond donors (Lipinski definition) is 0. The third-order valence-corrected chi connectivity index (χ3v) is 10.9. The Labute approximate surface area is 392 Å². The number of hydrogen-bond acceptors (Lipinski definition) is 2. The second-order valence-corrected chi connectivity index (χ2v) is 17.0. The van der Waals surface area contributed by atoms with E-state index in [2.05, 4.69) is 62.0 Å². The van der Waals surface area contributed by atoms with Gasteiger partial charge in [0.2, 0.25) is 0 Å². The Bertz CT molecular complexity index is 3700. The van der Waals surface area contributed by atoms with Crippen LogP contribution in [0.4, 0.5) is 0 Å². The Balaban J connectivity index is 0.00000640. The standard InChI is InChI=1S/C56H46N4O.Pt/c1-55(2,3)40-30-31-57-53(34-40)60-49-25-14-13-24-45(49)46-29-28-44(36-52(46)60)61-43-23-17-22-42(35-43)58-37-59(51-27-16-15-26-50(51)58)54-47(38-18-9-7-10-19-38)32-41(56(4,5)6)33-48(54)39-20-11-8-12-21-39;/h7-34H,1-6H3;/q-2;/i7D,8D,9D,10D,11D,12D,18D,19D,20D,21D;. The van der Waals surface area contributed by atoms with E-state index in [0.717, 1.165) is 33.2 Å². The van der Waals surface area contributed by atoms with Crippen molar-refractivity contribution in [1.29, 1.82) is 0 Å².